The minimum atomic E-state index is -1.05. The SMILES string of the molecule is CC(C)CC(NC(=O)N(C)c1ccc(C#N)cc1)C(=O)O. The van der Waals surface area contributed by atoms with Crippen molar-refractivity contribution in [3.05, 3.63) is 29.8 Å². The molecule has 0 radical (unpaired) electrons. The Morgan fingerprint density at radius 1 is 1.33 bits per heavy atom. The second-order valence-corrected chi connectivity index (χ2v) is 5.19. The van der Waals surface area contributed by atoms with Crippen molar-refractivity contribution in [1.29, 1.82) is 5.26 Å². The number of aliphatic carboxylic acids is 1. The van der Waals surface area contributed by atoms with Crippen molar-refractivity contribution in [3.8, 4) is 6.07 Å². The minimum Gasteiger partial charge on any atom is -0.480 e. The fourth-order valence-electron chi connectivity index (χ4n) is 1.82. The van der Waals surface area contributed by atoms with Crippen molar-refractivity contribution >= 4 is 17.7 Å². The summed E-state index contributed by atoms with van der Waals surface area (Å²) >= 11 is 0. The zero-order chi connectivity index (χ0) is 16.0. The Balaban J connectivity index is 2.76. The number of amides is 2. The van der Waals surface area contributed by atoms with E-state index in [9.17, 15) is 9.59 Å². The molecule has 112 valence electrons. The van der Waals surface area contributed by atoms with Gasteiger partial charge in [-0.3, -0.25) is 4.90 Å². The van der Waals surface area contributed by atoms with E-state index < -0.39 is 18.0 Å². The lowest BCUT2D eigenvalue weighted by atomic mass is 10.0. The van der Waals surface area contributed by atoms with Gasteiger partial charge in [-0.25, -0.2) is 9.59 Å². The van der Waals surface area contributed by atoms with Gasteiger partial charge in [-0.15, -0.1) is 0 Å². The number of nitrogens with one attached hydrogen (secondary N) is 1. The number of hydrogen-bond acceptors (Lipinski definition) is 3. The maximum atomic E-state index is 12.1. The lowest BCUT2D eigenvalue weighted by molar-refractivity contribution is -0.139. The molecule has 21 heavy (non-hydrogen) atoms. The summed E-state index contributed by atoms with van der Waals surface area (Å²) in [6.07, 6.45) is 0.363. The van der Waals surface area contributed by atoms with Gasteiger partial charge < -0.3 is 10.4 Å². The molecule has 2 amide bonds. The Morgan fingerprint density at radius 2 is 1.90 bits per heavy atom. The molecule has 2 N–H and O–H groups in total. The third kappa shape index (κ3) is 4.80. The third-order valence-electron chi connectivity index (χ3n) is 2.99. The number of urea groups is 1. The molecule has 0 fully saturated rings. The molecule has 6 heteroatoms. The van der Waals surface area contributed by atoms with Crippen LogP contribution in [0, 0.1) is 17.2 Å². The van der Waals surface area contributed by atoms with E-state index in [1.54, 1.807) is 31.3 Å². The molecule has 1 unspecified atom stereocenters. The van der Waals surface area contributed by atoms with Gasteiger partial charge in [0.2, 0.25) is 0 Å². The number of benzene rings is 1. The number of carboxylic acids is 1. The fraction of sp³-hybridized carbons (Fsp3) is 0.400. The summed E-state index contributed by atoms with van der Waals surface area (Å²) in [5, 5.41) is 20.4. The van der Waals surface area contributed by atoms with Crippen LogP contribution < -0.4 is 10.2 Å². The average molecular weight is 289 g/mol. The fourth-order valence-corrected chi connectivity index (χ4v) is 1.82. The van der Waals surface area contributed by atoms with E-state index in [4.69, 9.17) is 10.4 Å². The quantitative estimate of drug-likeness (QED) is 0.869. The molecule has 1 atom stereocenters. The number of rotatable bonds is 5. The van der Waals surface area contributed by atoms with Gasteiger partial charge in [0.05, 0.1) is 11.6 Å². The summed E-state index contributed by atoms with van der Waals surface area (Å²) in [4.78, 5) is 24.5. The second-order valence-electron chi connectivity index (χ2n) is 5.19. The number of anilines is 1. The van der Waals surface area contributed by atoms with Crippen LogP contribution in [-0.2, 0) is 4.79 Å². The van der Waals surface area contributed by atoms with Crippen molar-refractivity contribution in [2.24, 2.45) is 5.92 Å². The molecule has 6 nitrogen and oxygen atoms in total. The van der Waals surface area contributed by atoms with Crippen LogP contribution in [0.4, 0.5) is 10.5 Å². The van der Waals surface area contributed by atoms with Crippen LogP contribution in [0.2, 0.25) is 0 Å². The van der Waals surface area contributed by atoms with E-state index in [0.29, 0.717) is 17.7 Å². The predicted octanol–water partition coefficient (Wildman–Crippen LogP) is 2.20. The standard InChI is InChI=1S/C15H19N3O3/c1-10(2)8-13(14(19)20)17-15(21)18(3)12-6-4-11(9-16)5-7-12/h4-7,10,13H,8H2,1-3H3,(H,17,21)(H,19,20). The summed E-state index contributed by atoms with van der Waals surface area (Å²) in [6.45, 7) is 3.79. The molecule has 0 spiro atoms. The smallest absolute Gasteiger partial charge is 0.326 e. The highest BCUT2D eigenvalue weighted by molar-refractivity contribution is 5.94. The molecule has 0 heterocycles. The highest BCUT2D eigenvalue weighted by atomic mass is 16.4. The van der Waals surface area contributed by atoms with Gasteiger partial charge in [0.15, 0.2) is 0 Å². The Labute approximate surface area is 124 Å². The summed E-state index contributed by atoms with van der Waals surface area (Å²) in [5.74, 6) is -0.892. The van der Waals surface area contributed by atoms with Crippen molar-refractivity contribution in [2.75, 3.05) is 11.9 Å². The van der Waals surface area contributed by atoms with Crippen LogP contribution in [0.5, 0.6) is 0 Å². The van der Waals surface area contributed by atoms with Crippen molar-refractivity contribution in [2.45, 2.75) is 26.3 Å². The molecular weight excluding hydrogens is 270 g/mol. The first-order chi connectivity index (χ1) is 9.85. The maximum absolute atomic E-state index is 12.1. The number of carbonyl (C=O) groups is 2. The monoisotopic (exact) mass is 289 g/mol. The normalized spacial score (nSPS) is 11.6. The van der Waals surface area contributed by atoms with Gasteiger partial charge in [0.25, 0.3) is 0 Å². The van der Waals surface area contributed by atoms with Crippen LogP contribution >= 0.6 is 0 Å². The largest absolute Gasteiger partial charge is 0.480 e. The average Bonchev–Trinajstić information content (AvgIpc) is 2.45. The zero-order valence-electron chi connectivity index (χ0n) is 12.3. The number of hydrogen-bond donors (Lipinski definition) is 2. The molecule has 0 saturated heterocycles. The second kappa shape index (κ2) is 7.29. The minimum absolute atomic E-state index is 0.159. The van der Waals surface area contributed by atoms with E-state index in [-0.39, 0.29) is 5.92 Å². The van der Waals surface area contributed by atoms with Crippen LogP contribution in [0.15, 0.2) is 24.3 Å². The number of nitrogens with zero attached hydrogens (tertiary/aromatic N) is 2. The van der Waals surface area contributed by atoms with Crippen LogP contribution in [0.3, 0.4) is 0 Å². The van der Waals surface area contributed by atoms with Gasteiger partial charge in [-0.1, -0.05) is 13.8 Å². The summed E-state index contributed by atoms with van der Waals surface area (Å²) in [7, 11) is 1.55. The Hall–Kier alpha value is -2.55. The van der Waals surface area contributed by atoms with E-state index in [2.05, 4.69) is 5.32 Å². The van der Waals surface area contributed by atoms with Crippen molar-refractivity contribution in [3.63, 3.8) is 0 Å². The Kier molecular flexibility index (Phi) is 5.73. The first-order valence-corrected chi connectivity index (χ1v) is 6.62. The van der Waals surface area contributed by atoms with E-state index >= 15 is 0 Å². The maximum Gasteiger partial charge on any atom is 0.326 e. The molecule has 0 saturated carbocycles. The molecule has 0 aliphatic rings. The highest BCUT2D eigenvalue weighted by Crippen LogP contribution is 2.14. The third-order valence-corrected chi connectivity index (χ3v) is 2.99. The molecule has 1 aromatic carbocycles. The van der Waals surface area contributed by atoms with E-state index in [0.717, 1.165) is 0 Å². The van der Waals surface area contributed by atoms with E-state index in [1.807, 2.05) is 19.9 Å². The summed E-state index contributed by atoms with van der Waals surface area (Å²) < 4.78 is 0. The van der Waals surface area contributed by atoms with Gasteiger partial charge in [-0.2, -0.15) is 5.26 Å². The lowest BCUT2D eigenvalue weighted by Gasteiger charge is -2.22. The first-order valence-electron chi connectivity index (χ1n) is 6.62. The Bertz CT molecular complexity index is 546. The highest BCUT2D eigenvalue weighted by Gasteiger charge is 2.23. The molecule has 1 rings (SSSR count). The molecule has 0 aliphatic heterocycles. The van der Waals surface area contributed by atoms with Crippen LogP contribution in [0.25, 0.3) is 0 Å². The van der Waals surface area contributed by atoms with E-state index in [1.165, 1.54) is 4.90 Å². The van der Waals surface area contributed by atoms with Crippen molar-refractivity contribution in [1.82, 2.24) is 5.32 Å². The lowest BCUT2D eigenvalue weighted by Crippen LogP contribution is -2.47. The topological polar surface area (TPSA) is 93.4 Å². The van der Waals surface area contributed by atoms with Crippen LogP contribution in [0.1, 0.15) is 25.8 Å². The predicted molar refractivity (Wildman–Crippen MR) is 79.0 cm³/mol. The molecule has 0 aliphatic carbocycles. The summed E-state index contributed by atoms with van der Waals surface area (Å²) in [6, 6.07) is 7.05. The number of nitriles is 1. The van der Waals surface area contributed by atoms with Gasteiger partial charge >= 0.3 is 12.0 Å². The number of carbonyl (C=O) groups excluding carboxylic acids is 1. The van der Waals surface area contributed by atoms with Gasteiger partial charge in [0, 0.05) is 12.7 Å². The molecular formula is C15H19N3O3. The molecule has 0 aromatic heterocycles. The molecule has 0 bridgehead atoms. The zero-order valence-corrected chi connectivity index (χ0v) is 12.3. The first kappa shape index (κ1) is 16.5. The van der Waals surface area contributed by atoms with Gasteiger partial charge in [-0.05, 0) is 36.6 Å². The Morgan fingerprint density at radius 3 is 2.33 bits per heavy atom. The van der Waals surface area contributed by atoms with Crippen molar-refractivity contribution < 1.29 is 14.7 Å². The van der Waals surface area contributed by atoms with Gasteiger partial charge in [0.1, 0.15) is 6.04 Å². The molecule has 1 aromatic rings. The number of carboxylic acid groups (broad SMARTS) is 1. The summed E-state index contributed by atoms with van der Waals surface area (Å²) in [5.41, 5.74) is 1.08. The van der Waals surface area contributed by atoms with Crippen LogP contribution in [-0.4, -0.2) is 30.2 Å².